The molecule has 4 heteroatoms. The zero-order valence-corrected chi connectivity index (χ0v) is 11.0. The van der Waals surface area contributed by atoms with Gasteiger partial charge in [0.15, 0.2) is 0 Å². The van der Waals surface area contributed by atoms with E-state index in [9.17, 15) is 4.79 Å². The Morgan fingerprint density at radius 3 is 2.61 bits per heavy atom. The maximum Gasteiger partial charge on any atom is 0.248 e. The first-order chi connectivity index (χ1) is 8.66. The van der Waals surface area contributed by atoms with Gasteiger partial charge in [-0.05, 0) is 36.1 Å². The van der Waals surface area contributed by atoms with Crippen molar-refractivity contribution in [3.8, 4) is 0 Å². The van der Waals surface area contributed by atoms with Crippen molar-refractivity contribution in [2.24, 2.45) is 5.73 Å². The minimum absolute atomic E-state index is 0.334. The van der Waals surface area contributed by atoms with E-state index in [1.165, 1.54) is 4.88 Å². The Labute approximate surface area is 111 Å². The number of primary amides is 1. The van der Waals surface area contributed by atoms with Gasteiger partial charge in [0, 0.05) is 23.0 Å². The minimum Gasteiger partial charge on any atom is -0.366 e. The Balaban J connectivity index is 1.92. The third-order valence-corrected chi connectivity index (χ3v) is 3.88. The van der Waals surface area contributed by atoms with Crippen molar-refractivity contribution in [1.29, 1.82) is 0 Å². The number of benzene rings is 1. The van der Waals surface area contributed by atoms with Crippen LogP contribution in [0.15, 0.2) is 41.8 Å². The third-order valence-electron chi connectivity index (χ3n) is 2.82. The number of amides is 1. The molecular weight excluding hydrogens is 244 g/mol. The van der Waals surface area contributed by atoms with Crippen molar-refractivity contribution < 1.29 is 4.79 Å². The quantitative estimate of drug-likeness (QED) is 0.868. The van der Waals surface area contributed by atoms with E-state index in [1.54, 1.807) is 23.5 Å². The highest BCUT2D eigenvalue weighted by molar-refractivity contribution is 7.10. The zero-order valence-electron chi connectivity index (χ0n) is 10.2. The number of carbonyl (C=O) groups is 1. The largest absolute Gasteiger partial charge is 0.366 e. The van der Waals surface area contributed by atoms with Gasteiger partial charge in [0.25, 0.3) is 0 Å². The molecule has 0 saturated heterocycles. The number of hydrogen-bond donors (Lipinski definition) is 2. The van der Waals surface area contributed by atoms with Crippen LogP contribution >= 0.6 is 11.3 Å². The molecular formula is C14H16N2OS. The Morgan fingerprint density at radius 1 is 1.33 bits per heavy atom. The summed E-state index contributed by atoms with van der Waals surface area (Å²) in [6.07, 6.45) is 0. The van der Waals surface area contributed by atoms with Gasteiger partial charge < -0.3 is 11.1 Å². The standard InChI is InChI=1S/C14H16N2OS/c1-10(13-3-2-8-18-13)16-9-11-4-6-12(7-5-11)14(15)17/h2-8,10,16H,9H2,1H3,(H2,15,17)/t10-/m1/s1. The highest BCUT2D eigenvalue weighted by Gasteiger charge is 2.05. The average Bonchev–Trinajstić information content (AvgIpc) is 2.90. The van der Waals surface area contributed by atoms with Crippen LogP contribution in [-0.2, 0) is 6.54 Å². The fraction of sp³-hybridized carbons (Fsp3) is 0.214. The van der Waals surface area contributed by atoms with E-state index >= 15 is 0 Å². The molecule has 0 aliphatic carbocycles. The van der Waals surface area contributed by atoms with Gasteiger partial charge in [-0.3, -0.25) is 4.79 Å². The van der Waals surface area contributed by atoms with Crippen LogP contribution in [0, 0.1) is 0 Å². The molecule has 1 heterocycles. The number of nitrogens with one attached hydrogen (secondary N) is 1. The van der Waals surface area contributed by atoms with E-state index in [2.05, 4.69) is 29.8 Å². The normalized spacial score (nSPS) is 12.3. The molecule has 1 aromatic carbocycles. The topological polar surface area (TPSA) is 55.1 Å². The molecule has 0 radical (unpaired) electrons. The summed E-state index contributed by atoms with van der Waals surface area (Å²) in [4.78, 5) is 12.3. The molecule has 2 aromatic rings. The molecule has 1 atom stereocenters. The van der Waals surface area contributed by atoms with Crippen molar-refractivity contribution in [1.82, 2.24) is 5.32 Å². The van der Waals surface area contributed by atoms with Crippen molar-refractivity contribution in [2.45, 2.75) is 19.5 Å². The third kappa shape index (κ3) is 3.18. The predicted octanol–water partition coefficient (Wildman–Crippen LogP) is 2.70. The Morgan fingerprint density at radius 2 is 2.06 bits per heavy atom. The SMILES string of the molecule is C[C@@H](NCc1ccc(C(N)=O)cc1)c1cccs1. The Kier molecular flexibility index (Phi) is 4.12. The van der Waals surface area contributed by atoms with Crippen molar-refractivity contribution in [3.05, 3.63) is 57.8 Å². The number of nitrogens with two attached hydrogens (primary N) is 1. The van der Waals surface area contributed by atoms with Crippen molar-refractivity contribution in [2.75, 3.05) is 0 Å². The second-order valence-electron chi connectivity index (χ2n) is 4.18. The lowest BCUT2D eigenvalue weighted by molar-refractivity contribution is 0.100. The smallest absolute Gasteiger partial charge is 0.248 e. The maximum atomic E-state index is 10.9. The van der Waals surface area contributed by atoms with Crippen LogP contribution in [0.5, 0.6) is 0 Å². The second-order valence-corrected chi connectivity index (χ2v) is 5.16. The van der Waals surface area contributed by atoms with Gasteiger partial charge in [-0.2, -0.15) is 0 Å². The van der Waals surface area contributed by atoms with Crippen molar-refractivity contribution >= 4 is 17.2 Å². The van der Waals surface area contributed by atoms with E-state index in [1.807, 2.05) is 12.1 Å². The van der Waals surface area contributed by atoms with Crippen LogP contribution in [0.25, 0.3) is 0 Å². The number of carbonyl (C=O) groups excluding carboxylic acids is 1. The summed E-state index contributed by atoms with van der Waals surface area (Å²) in [5, 5.41) is 5.52. The fourth-order valence-corrected chi connectivity index (χ4v) is 2.45. The molecule has 0 aliphatic rings. The first-order valence-electron chi connectivity index (χ1n) is 5.82. The summed E-state index contributed by atoms with van der Waals surface area (Å²) < 4.78 is 0. The lowest BCUT2D eigenvalue weighted by Gasteiger charge is -2.12. The summed E-state index contributed by atoms with van der Waals surface area (Å²) in [6.45, 7) is 2.92. The molecule has 0 spiro atoms. The number of rotatable bonds is 5. The molecule has 94 valence electrons. The number of thiophene rings is 1. The summed E-state index contributed by atoms with van der Waals surface area (Å²) >= 11 is 1.75. The van der Waals surface area contributed by atoms with Gasteiger partial charge in [0.1, 0.15) is 0 Å². The lowest BCUT2D eigenvalue weighted by atomic mass is 10.1. The van der Waals surface area contributed by atoms with Crippen LogP contribution in [0.2, 0.25) is 0 Å². The van der Waals surface area contributed by atoms with Gasteiger partial charge >= 0.3 is 0 Å². The first kappa shape index (κ1) is 12.8. The molecule has 0 bridgehead atoms. The van der Waals surface area contributed by atoms with Crippen molar-refractivity contribution in [3.63, 3.8) is 0 Å². The van der Waals surface area contributed by atoms with Crippen LogP contribution in [0.4, 0.5) is 0 Å². The molecule has 0 fully saturated rings. The predicted molar refractivity (Wildman–Crippen MR) is 74.5 cm³/mol. The van der Waals surface area contributed by atoms with Gasteiger partial charge in [-0.15, -0.1) is 11.3 Å². The molecule has 1 amide bonds. The zero-order chi connectivity index (χ0) is 13.0. The van der Waals surface area contributed by atoms with Crippen LogP contribution < -0.4 is 11.1 Å². The number of hydrogen-bond acceptors (Lipinski definition) is 3. The van der Waals surface area contributed by atoms with E-state index in [-0.39, 0.29) is 5.91 Å². The van der Waals surface area contributed by atoms with E-state index in [0.717, 1.165) is 12.1 Å². The molecule has 0 unspecified atom stereocenters. The van der Waals surface area contributed by atoms with E-state index < -0.39 is 0 Å². The molecule has 3 N–H and O–H groups in total. The molecule has 1 aromatic heterocycles. The van der Waals surface area contributed by atoms with Crippen LogP contribution in [0.1, 0.15) is 33.8 Å². The van der Waals surface area contributed by atoms with Gasteiger partial charge in [-0.1, -0.05) is 18.2 Å². The average molecular weight is 260 g/mol. The monoisotopic (exact) mass is 260 g/mol. The van der Waals surface area contributed by atoms with E-state index in [4.69, 9.17) is 5.73 Å². The first-order valence-corrected chi connectivity index (χ1v) is 6.70. The summed E-state index contributed by atoms with van der Waals surface area (Å²) in [5.41, 5.74) is 6.89. The second kappa shape index (κ2) is 5.80. The molecule has 18 heavy (non-hydrogen) atoms. The maximum absolute atomic E-state index is 10.9. The highest BCUT2D eigenvalue weighted by Crippen LogP contribution is 2.18. The van der Waals surface area contributed by atoms with Gasteiger partial charge in [0.2, 0.25) is 5.91 Å². The molecule has 0 aliphatic heterocycles. The Bertz CT molecular complexity index is 505. The minimum atomic E-state index is -0.388. The Hall–Kier alpha value is -1.65. The lowest BCUT2D eigenvalue weighted by Crippen LogP contribution is -2.17. The summed E-state index contributed by atoms with van der Waals surface area (Å²) in [7, 11) is 0. The van der Waals surface area contributed by atoms with Gasteiger partial charge in [-0.25, -0.2) is 0 Å². The molecule has 2 rings (SSSR count). The fourth-order valence-electron chi connectivity index (χ4n) is 1.70. The van der Waals surface area contributed by atoms with E-state index in [0.29, 0.717) is 11.6 Å². The molecule has 0 saturated carbocycles. The van der Waals surface area contributed by atoms with Crippen LogP contribution in [-0.4, -0.2) is 5.91 Å². The highest BCUT2D eigenvalue weighted by atomic mass is 32.1. The van der Waals surface area contributed by atoms with Crippen LogP contribution in [0.3, 0.4) is 0 Å². The summed E-state index contributed by atoms with van der Waals surface area (Å²) in [5.74, 6) is -0.388. The molecule has 3 nitrogen and oxygen atoms in total. The van der Waals surface area contributed by atoms with Gasteiger partial charge in [0.05, 0.1) is 0 Å². The summed E-state index contributed by atoms with van der Waals surface area (Å²) in [6, 6.07) is 11.9.